The molecule has 0 aliphatic carbocycles. The quantitative estimate of drug-likeness (QED) is 0.382. The van der Waals surface area contributed by atoms with Crippen molar-refractivity contribution in [2.75, 3.05) is 20.3 Å². The molecule has 1 amide bonds. The van der Waals surface area contributed by atoms with Crippen LogP contribution in [0, 0.1) is 17.0 Å². The van der Waals surface area contributed by atoms with Gasteiger partial charge in [-0.25, -0.2) is 9.78 Å². The molecule has 0 bridgehead atoms. The van der Waals surface area contributed by atoms with Crippen LogP contribution in [0.2, 0.25) is 0 Å². The Morgan fingerprint density at radius 1 is 1.36 bits per heavy atom. The molecule has 1 aromatic carbocycles. The highest BCUT2D eigenvalue weighted by molar-refractivity contribution is 8.01. The summed E-state index contributed by atoms with van der Waals surface area (Å²) in [4.78, 5) is 49.8. The van der Waals surface area contributed by atoms with Gasteiger partial charge in [0.1, 0.15) is 6.54 Å². The zero-order valence-electron chi connectivity index (χ0n) is 14.8. The summed E-state index contributed by atoms with van der Waals surface area (Å²) in [6, 6.07) is 3.87. The van der Waals surface area contributed by atoms with Crippen LogP contribution in [0.4, 0.5) is 5.69 Å². The first-order valence-corrected chi connectivity index (χ1v) is 9.39. The van der Waals surface area contributed by atoms with Gasteiger partial charge in [-0.1, -0.05) is 11.8 Å². The molecule has 148 valence electrons. The molecule has 0 saturated carbocycles. The maximum atomic E-state index is 12.1. The van der Waals surface area contributed by atoms with Crippen LogP contribution in [-0.2, 0) is 19.1 Å². The Balaban J connectivity index is 2.03. The van der Waals surface area contributed by atoms with Gasteiger partial charge in [0, 0.05) is 17.1 Å². The van der Waals surface area contributed by atoms with Gasteiger partial charge in [-0.15, -0.1) is 11.3 Å². The van der Waals surface area contributed by atoms with Crippen molar-refractivity contribution < 1.29 is 28.8 Å². The molecule has 10 nitrogen and oxygen atoms in total. The summed E-state index contributed by atoms with van der Waals surface area (Å²) in [5.41, 5.74) is 0.454. The van der Waals surface area contributed by atoms with Crippen molar-refractivity contribution in [1.82, 2.24) is 10.3 Å². The van der Waals surface area contributed by atoms with E-state index in [0.717, 1.165) is 23.5 Å². The fraction of sp³-hybridized carbons (Fsp3) is 0.250. The van der Waals surface area contributed by atoms with Crippen molar-refractivity contribution in [2.45, 2.75) is 16.2 Å². The van der Waals surface area contributed by atoms with Gasteiger partial charge < -0.3 is 14.8 Å². The third-order valence-corrected chi connectivity index (χ3v) is 5.30. The number of aromatic nitrogens is 1. The molecule has 1 aromatic heterocycles. The summed E-state index contributed by atoms with van der Waals surface area (Å²) in [5.74, 6) is -2.27. The van der Waals surface area contributed by atoms with E-state index >= 15 is 0 Å². The highest BCUT2D eigenvalue weighted by atomic mass is 32.2. The summed E-state index contributed by atoms with van der Waals surface area (Å²) < 4.78 is 9.80. The standard InChI is InChI=1S/C16H15N3O7S2/c1-9-8-27-16(18-9)28-12-4-3-10(5-11(12)19(23)24)15(22)26-7-13(20)17-6-14(21)25-2/h3-5,8H,6-7H2,1-2H3,(H,17,20). The number of rotatable bonds is 8. The topological polar surface area (TPSA) is 138 Å². The van der Waals surface area contributed by atoms with E-state index in [9.17, 15) is 24.5 Å². The van der Waals surface area contributed by atoms with E-state index in [1.165, 1.54) is 30.6 Å². The van der Waals surface area contributed by atoms with Crippen LogP contribution in [0.3, 0.4) is 0 Å². The number of hydrogen-bond acceptors (Lipinski definition) is 10. The predicted molar refractivity (Wildman–Crippen MR) is 99.4 cm³/mol. The third kappa shape index (κ3) is 6.03. The van der Waals surface area contributed by atoms with Crippen LogP contribution >= 0.6 is 23.1 Å². The van der Waals surface area contributed by atoms with Crippen molar-refractivity contribution in [3.8, 4) is 0 Å². The number of benzene rings is 1. The summed E-state index contributed by atoms with van der Waals surface area (Å²) >= 11 is 2.47. The first kappa shape index (κ1) is 21.3. The zero-order chi connectivity index (χ0) is 20.7. The van der Waals surface area contributed by atoms with Crippen LogP contribution < -0.4 is 5.32 Å². The molecule has 1 heterocycles. The number of esters is 2. The summed E-state index contributed by atoms with van der Waals surface area (Å²) in [6.45, 7) is 0.814. The molecule has 12 heteroatoms. The van der Waals surface area contributed by atoms with E-state index in [1.807, 2.05) is 12.3 Å². The number of nitrogens with zero attached hydrogens (tertiary/aromatic N) is 2. The summed E-state index contributed by atoms with van der Waals surface area (Å²) in [7, 11) is 1.17. The fourth-order valence-corrected chi connectivity index (χ4v) is 3.73. The molecule has 0 atom stereocenters. The molecule has 0 aliphatic heterocycles. The zero-order valence-corrected chi connectivity index (χ0v) is 16.4. The minimum atomic E-state index is -0.905. The van der Waals surface area contributed by atoms with E-state index < -0.39 is 29.4 Å². The van der Waals surface area contributed by atoms with Crippen molar-refractivity contribution in [3.05, 3.63) is 45.0 Å². The second kappa shape index (κ2) is 9.80. The number of aryl methyl sites for hydroxylation is 1. The Labute approximate surface area is 167 Å². The molecular formula is C16H15N3O7S2. The number of methoxy groups -OCH3 is 1. The molecule has 28 heavy (non-hydrogen) atoms. The van der Waals surface area contributed by atoms with Crippen LogP contribution in [0.25, 0.3) is 0 Å². The smallest absolute Gasteiger partial charge is 0.338 e. The number of carbonyl (C=O) groups excluding carboxylic acids is 3. The Bertz CT molecular complexity index is 913. The molecule has 0 aliphatic rings. The lowest BCUT2D eigenvalue weighted by Gasteiger charge is -2.07. The Morgan fingerprint density at radius 3 is 2.71 bits per heavy atom. The van der Waals surface area contributed by atoms with Gasteiger partial charge >= 0.3 is 11.9 Å². The lowest BCUT2D eigenvalue weighted by molar-refractivity contribution is -0.387. The number of nitro benzene ring substituents is 1. The second-order valence-electron chi connectivity index (χ2n) is 5.23. The summed E-state index contributed by atoms with van der Waals surface area (Å²) in [6.07, 6.45) is 0. The predicted octanol–water partition coefficient (Wildman–Crippen LogP) is 1.96. The number of amides is 1. The number of nitrogens with one attached hydrogen (secondary N) is 1. The van der Waals surface area contributed by atoms with Gasteiger partial charge in [0.2, 0.25) is 0 Å². The van der Waals surface area contributed by atoms with Gasteiger partial charge in [-0.2, -0.15) is 0 Å². The lowest BCUT2D eigenvalue weighted by Crippen LogP contribution is -2.33. The van der Waals surface area contributed by atoms with E-state index in [1.54, 1.807) is 0 Å². The molecule has 0 unspecified atom stereocenters. The van der Waals surface area contributed by atoms with Gasteiger partial charge in [0.05, 0.1) is 22.5 Å². The molecule has 0 fully saturated rings. The van der Waals surface area contributed by atoms with Crippen molar-refractivity contribution in [1.29, 1.82) is 0 Å². The van der Waals surface area contributed by atoms with Crippen molar-refractivity contribution >= 4 is 46.6 Å². The highest BCUT2D eigenvalue weighted by Crippen LogP contribution is 2.36. The number of nitro groups is 1. The SMILES string of the molecule is COC(=O)CNC(=O)COC(=O)c1ccc(Sc2nc(C)cs2)c([N+](=O)[O-])c1. The Kier molecular flexibility index (Phi) is 7.46. The molecular weight excluding hydrogens is 410 g/mol. The number of carbonyl (C=O) groups is 3. The van der Waals surface area contributed by atoms with Gasteiger partial charge in [-0.05, 0) is 19.1 Å². The van der Waals surface area contributed by atoms with Crippen molar-refractivity contribution in [3.63, 3.8) is 0 Å². The van der Waals surface area contributed by atoms with Gasteiger partial charge in [-0.3, -0.25) is 19.7 Å². The van der Waals surface area contributed by atoms with E-state index in [0.29, 0.717) is 9.24 Å². The van der Waals surface area contributed by atoms with Crippen LogP contribution in [0.1, 0.15) is 16.1 Å². The third-order valence-electron chi connectivity index (χ3n) is 3.18. The van der Waals surface area contributed by atoms with E-state index in [-0.39, 0.29) is 17.8 Å². The maximum absolute atomic E-state index is 12.1. The first-order chi connectivity index (χ1) is 13.3. The first-order valence-electron chi connectivity index (χ1n) is 7.69. The Morgan fingerprint density at radius 2 is 2.11 bits per heavy atom. The van der Waals surface area contributed by atoms with Gasteiger partial charge in [0.15, 0.2) is 10.9 Å². The van der Waals surface area contributed by atoms with E-state index in [2.05, 4.69) is 15.0 Å². The van der Waals surface area contributed by atoms with Crippen molar-refractivity contribution in [2.24, 2.45) is 0 Å². The Hall–Kier alpha value is -2.99. The molecule has 0 saturated heterocycles. The largest absolute Gasteiger partial charge is 0.468 e. The minimum Gasteiger partial charge on any atom is -0.468 e. The van der Waals surface area contributed by atoms with E-state index in [4.69, 9.17) is 4.74 Å². The average molecular weight is 425 g/mol. The monoisotopic (exact) mass is 425 g/mol. The second-order valence-corrected chi connectivity index (χ2v) is 7.37. The number of ether oxygens (including phenoxy) is 2. The molecule has 0 spiro atoms. The van der Waals surface area contributed by atoms with Crippen LogP contribution in [-0.4, -0.2) is 48.0 Å². The number of hydrogen-bond donors (Lipinski definition) is 1. The molecule has 2 rings (SSSR count). The normalized spacial score (nSPS) is 10.2. The molecule has 1 N–H and O–H groups in total. The van der Waals surface area contributed by atoms with Gasteiger partial charge in [0.25, 0.3) is 11.6 Å². The minimum absolute atomic E-state index is 0.0767. The highest BCUT2D eigenvalue weighted by Gasteiger charge is 2.20. The molecule has 0 radical (unpaired) electrons. The van der Waals surface area contributed by atoms with Crippen LogP contribution in [0.5, 0.6) is 0 Å². The van der Waals surface area contributed by atoms with Crippen LogP contribution in [0.15, 0.2) is 32.8 Å². The fourth-order valence-electron chi connectivity index (χ4n) is 1.86. The average Bonchev–Trinajstić information content (AvgIpc) is 3.08. The molecule has 2 aromatic rings. The number of thiazole rings is 1. The summed E-state index contributed by atoms with van der Waals surface area (Å²) in [5, 5.41) is 15.4. The lowest BCUT2D eigenvalue weighted by atomic mass is 10.2. The maximum Gasteiger partial charge on any atom is 0.338 e.